The number of pyridine rings is 1. The molecule has 1 atom stereocenters. The Labute approximate surface area is 115 Å². The highest BCUT2D eigenvalue weighted by molar-refractivity contribution is 7.92. The van der Waals surface area contributed by atoms with Crippen molar-refractivity contribution in [2.45, 2.75) is 46.1 Å². The normalized spacial score (nSPS) is 13.0. The zero-order valence-corrected chi connectivity index (χ0v) is 12.6. The Bertz CT molecular complexity index is 471. The molecule has 0 fully saturated rings. The van der Waals surface area contributed by atoms with Crippen molar-refractivity contribution in [1.29, 1.82) is 0 Å². The van der Waals surface area contributed by atoms with Crippen LogP contribution in [-0.4, -0.2) is 25.2 Å². The van der Waals surface area contributed by atoms with Crippen LogP contribution in [0.25, 0.3) is 0 Å². The molecule has 2 N–H and O–H groups in total. The summed E-state index contributed by atoms with van der Waals surface area (Å²) in [6, 6.07) is 3.87. The second kappa shape index (κ2) is 7.33. The predicted molar refractivity (Wildman–Crippen MR) is 79.9 cm³/mol. The molecule has 1 aromatic heterocycles. The summed E-state index contributed by atoms with van der Waals surface area (Å²) in [6.45, 7) is 6.14. The third-order valence-electron chi connectivity index (χ3n) is 2.82. The maximum absolute atomic E-state index is 11.7. The molecule has 19 heavy (non-hydrogen) atoms. The minimum Gasteiger partial charge on any atom is -0.381 e. The van der Waals surface area contributed by atoms with Crippen LogP contribution >= 0.6 is 0 Å². The van der Waals surface area contributed by atoms with Crippen LogP contribution in [0.1, 0.15) is 40.0 Å². The SMILES string of the molecule is CCCCS(=O)(=O)Nc1ccc(NC(C)CC)cn1. The maximum Gasteiger partial charge on any atom is 0.233 e. The molecule has 0 amide bonds. The predicted octanol–water partition coefficient (Wildman–Crippen LogP) is 2.83. The van der Waals surface area contributed by atoms with E-state index in [9.17, 15) is 8.42 Å². The molecule has 0 bridgehead atoms. The number of nitrogens with zero attached hydrogens (tertiary/aromatic N) is 1. The molecule has 108 valence electrons. The van der Waals surface area contributed by atoms with Gasteiger partial charge < -0.3 is 5.32 Å². The van der Waals surface area contributed by atoms with Gasteiger partial charge in [-0.3, -0.25) is 4.72 Å². The number of aromatic nitrogens is 1. The molecule has 1 rings (SSSR count). The summed E-state index contributed by atoms with van der Waals surface area (Å²) in [5.41, 5.74) is 0.894. The van der Waals surface area contributed by atoms with E-state index in [1.165, 1.54) is 0 Å². The van der Waals surface area contributed by atoms with Crippen LogP contribution in [0.2, 0.25) is 0 Å². The van der Waals surface area contributed by atoms with Gasteiger partial charge in [-0.25, -0.2) is 13.4 Å². The highest BCUT2D eigenvalue weighted by Gasteiger charge is 2.10. The molecule has 0 aliphatic carbocycles. The van der Waals surface area contributed by atoms with E-state index in [1.54, 1.807) is 12.3 Å². The molecule has 0 saturated carbocycles. The van der Waals surface area contributed by atoms with Gasteiger partial charge in [0.1, 0.15) is 5.82 Å². The summed E-state index contributed by atoms with van der Waals surface area (Å²) in [5.74, 6) is 0.503. The van der Waals surface area contributed by atoms with Gasteiger partial charge in [-0.05, 0) is 31.9 Å². The first-order chi connectivity index (χ1) is 8.96. The molecule has 0 spiro atoms. The Balaban J connectivity index is 2.61. The number of rotatable bonds is 8. The summed E-state index contributed by atoms with van der Waals surface area (Å²) in [5, 5.41) is 3.28. The van der Waals surface area contributed by atoms with Crippen molar-refractivity contribution in [3.63, 3.8) is 0 Å². The first kappa shape index (κ1) is 15.8. The van der Waals surface area contributed by atoms with Gasteiger partial charge >= 0.3 is 0 Å². The van der Waals surface area contributed by atoms with Crippen molar-refractivity contribution in [1.82, 2.24) is 4.98 Å². The third kappa shape index (κ3) is 5.92. The van der Waals surface area contributed by atoms with Crippen LogP contribution in [0, 0.1) is 0 Å². The molecule has 0 aliphatic heterocycles. The van der Waals surface area contributed by atoms with Crippen molar-refractivity contribution < 1.29 is 8.42 Å². The lowest BCUT2D eigenvalue weighted by atomic mass is 10.2. The van der Waals surface area contributed by atoms with Crippen molar-refractivity contribution in [2.24, 2.45) is 0 Å². The van der Waals surface area contributed by atoms with Gasteiger partial charge in [-0.1, -0.05) is 20.3 Å². The van der Waals surface area contributed by atoms with Crippen molar-refractivity contribution >= 4 is 21.5 Å². The molecular weight excluding hydrogens is 262 g/mol. The third-order valence-corrected chi connectivity index (χ3v) is 4.16. The van der Waals surface area contributed by atoms with Gasteiger partial charge in [0.15, 0.2) is 0 Å². The van der Waals surface area contributed by atoms with Crippen LogP contribution < -0.4 is 10.0 Å². The Hall–Kier alpha value is -1.30. The average Bonchev–Trinajstić information content (AvgIpc) is 2.38. The van der Waals surface area contributed by atoms with Crippen LogP contribution in [0.4, 0.5) is 11.5 Å². The highest BCUT2D eigenvalue weighted by atomic mass is 32.2. The van der Waals surface area contributed by atoms with Crippen LogP contribution in [0.5, 0.6) is 0 Å². The highest BCUT2D eigenvalue weighted by Crippen LogP contribution is 2.13. The van der Waals surface area contributed by atoms with Gasteiger partial charge in [0.25, 0.3) is 0 Å². The zero-order chi connectivity index (χ0) is 14.3. The van der Waals surface area contributed by atoms with E-state index < -0.39 is 10.0 Å². The number of unbranched alkanes of at least 4 members (excludes halogenated alkanes) is 1. The second-order valence-corrected chi connectivity index (χ2v) is 6.50. The zero-order valence-electron chi connectivity index (χ0n) is 11.8. The lowest BCUT2D eigenvalue weighted by molar-refractivity contribution is 0.597. The van der Waals surface area contributed by atoms with Crippen molar-refractivity contribution in [2.75, 3.05) is 15.8 Å². The number of hydrogen-bond acceptors (Lipinski definition) is 4. The standard InChI is InChI=1S/C13H23N3O2S/c1-4-6-9-19(17,18)16-13-8-7-12(10-14-13)15-11(3)5-2/h7-8,10-11,15H,4-6,9H2,1-3H3,(H,14,16). The Morgan fingerprint density at radius 1 is 1.32 bits per heavy atom. The molecule has 0 aliphatic rings. The summed E-state index contributed by atoms with van der Waals surface area (Å²) in [4.78, 5) is 4.11. The first-order valence-electron chi connectivity index (χ1n) is 6.70. The van der Waals surface area contributed by atoms with Crippen LogP contribution in [0.15, 0.2) is 18.3 Å². The lowest BCUT2D eigenvalue weighted by Crippen LogP contribution is -2.17. The van der Waals surface area contributed by atoms with Crippen LogP contribution in [-0.2, 0) is 10.0 Å². The molecule has 0 aromatic carbocycles. The number of anilines is 2. The van der Waals surface area contributed by atoms with E-state index in [0.717, 1.165) is 18.5 Å². The topological polar surface area (TPSA) is 71.1 Å². The molecule has 6 heteroatoms. The van der Waals surface area contributed by atoms with Crippen molar-refractivity contribution in [3.8, 4) is 0 Å². The monoisotopic (exact) mass is 285 g/mol. The Morgan fingerprint density at radius 3 is 2.58 bits per heavy atom. The summed E-state index contributed by atoms with van der Waals surface area (Å²) in [6.07, 6.45) is 4.17. The fourth-order valence-corrected chi connectivity index (χ4v) is 2.68. The van der Waals surface area contributed by atoms with E-state index >= 15 is 0 Å². The molecule has 0 radical (unpaired) electrons. The number of nitrogens with one attached hydrogen (secondary N) is 2. The summed E-state index contributed by atoms with van der Waals surface area (Å²) >= 11 is 0. The van der Waals surface area contributed by atoms with Gasteiger partial charge in [-0.2, -0.15) is 0 Å². The fourth-order valence-electron chi connectivity index (χ4n) is 1.47. The molecule has 1 aromatic rings. The number of sulfonamides is 1. The molecule has 5 nitrogen and oxygen atoms in total. The minimum atomic E-state index is -3.27. The van der Waals surface area contributed by atoms with E-state index in [4.69, 9.17) is 0 Å². The molecule has 1 unspecified atom stereocenters. The van der Waals surface area contributed by atoms with E-state index in [2.05, 4.69) is 28.9 Å². The van der Waals surface area contributed by atoms with Gasteiger partial charge in [0.2, 0.25) is 10.0 Å². The van der Waals surface area contributed by atoms with E-state index in [1.807, 2.05) is 13.0 Å². The van der Waals surface area contributed by atoms with E-state index in [-0.39, 0.29) is 5.75 Å². The van der Waals surface area contributed by atoms with Crippen LogP contribution in [0.3, 0.4) is 0 Å². The Morgan fingerprint density at radius 2 is 2.05 bits per heavy atom. The quantitative estimate of drug-likeness (QED) is 0.770. The van der Waals surface area contributed by atoms with Gasteiger partial charge in [0.05, 0.1) is 17.6 Å². The Kier molecular flexibility index (Phi) is 6.08. The minimum absolute atomic E-state index is 0.137. The average molecular weight is 285 g/mol. The first-order valence-corrected chi connectivity index (χ1v) is 8.35. The smallest absolute Gasteiger partial charge is 0.233 e. The maximum atomic E-state index is 11.7. The van der Waals surface area contributed by atoms with Gasteiger partial charge in [0, 0.05) is 6.04 Å². The molecular formula is C13H23N3O2S. The molecule has 0 saturated heterocycles. The van der Waals surface area contributed by atoms with Gasteiger partial charge in [-0.15, -0.1) is 0 Å². The second-order valence-electron chi connectivity index (χ2n) is 4.66. The lowest BCUT2D eigenvalue weighted by Gasteiger charge is -2.13. The summed E-state index contributed by atoms with van der Waals surface area (Å²) < 4.78 is 25.9. The largest absolute Gasteiger partial charge is 0.381 e. The van der Waals surface area contributed by atoms with E-state index in [0.29, 0.717) is 18.3 Å². The summed E-state index contributed by atoms with van der Waals surface area (Å²) in [7, 11) is -3.27. The number of hydrogen-bond donors (Lipinski definition) is 2. The fraction of sp³-hybridized carbons (Fsp3) is 0.615. The molecule has 1 heterocycles. The van der Waals surface area contributed by atoms with Crippen molar-refractivity contribution in [3.05, 3.63) is 18.3 Å².